The van der Waals surface area contributed by atoms with E-state index in [9.17, 15) is 4.79 Å². The molecule has 3 aromatic rings. The standard InChI is InChI=1S/C22H23ClN2O2/c1-27-15-14-25(13-5-8-17-6-3-2-4-7-17)22(26)19-9-11-20-18(16-19)10-12-21(23)24-20/h2-4,6-7,9-12,16H,5,8,13-15H2,1H3. The number of rotatable bonds is 8. The summed E-state index contributed by atoms with van der Waals surface area (Å²) < 4.78 is 5.19. The Bertz CT molecular complexity index is 899. The lowest BCUT2D eigenvalue weighted by Gasteiger charge is -2.22. The van der Waals surface area contributed by atoms with Crippen molar-refractivity contribution in [2.24, 2.45) is 0 Å². The van der Waals surface area contributed by atoms with Crippen molar-refractivity contribution in [1.29, 1.82) is 0 Å². The van der Waals surface area contributed by atoms with Crippen molar-refractivity contribution in [2.45, 2.75) is 12.8 Å². The van der Waals surface area contributed by atoms with Crippen LogP contribution in [-0.4, -0.2) is 42.6 Å². The van der Waals surface area contributed by atoms with Crippen LogP contribution < -0.4 is 0 Å². The van der Waals surface area contributed by atoms with Crippen LogP contribution in [0.4, 0.5) is 0 Å². The average molecular weight is 383 g/mol. The first kappa shape index (κ1) is 19.3. The summed E-state index contributed by atoms with van der Waals surface area (Å²) in [5.41, 5.74) is 2.72. The highest BCUT2D eigenvalue weighted by Crippen LogP contribution is 2.18. The number of pyridine rings is 1. The minimum atomic E-state index is 0.0111. The van der Waals surface area contributed by atoms with Crippen molar-refractivity contribution in [3.8, 4) is 0 Å². The fraction of sp³-hybridized carbons (Fsp3) is 0.273. The number of methoxy groups -OCH3 is 1. The first-order chi connectivity index (χ1) is 13.2. The number of amides is 1. The van der Waals surface area contributed by atoms with Crippen molar-refractivity contribution in [1.82, 2.24) is 9.88 Å². The van der Waals surface area contributed by atoms with Crippen LogP contribution in [0.5, 0.6) is 0 Å². The van der Waals surface area contributed by atoms with Gasteiger partial charge in [-0.15, -0.1) is 0 Å². The van der Waals surface area contributed by atoms with Crippen LogP contribution in [0.2, 0.25) is 5.15 Å². The number of benzene rings is 2. The van der Waals surface area contributed by atoms with Gasteiger partial charge in [0.2, 0.25) is 0 Å². The molecule has 1 amide bonds. The van der Waals surface area contributed by atoms with Crippen LogP contribution in [0.1, 0.15) is 22.3 Å². The summed E-state index contributed by atoms with van der Waals surface area (Å²) in [4.78, 5) is 19.2. The Morgan fingerprint density at radius 2 is 1.89 bits per heavy atom. The second kappa shape index (κ2) is 9.49. The van der Waals surface area contributed by atoms with Crippen molar-refractivity contribution in [3.63, 3.8) is 0 Å². The van der Waals surface area contributed by atoms with Gasteiger partial charge in [0.15, 0.2) is 0 Å². The predicted octanol–water partition coefficient (Wildman–Crippen LogP) is 4.61. The Labute approximate surface area is 164 Å². The maximum Gasteiger partial charge on any atom is 0.253 e. The van der Waals surface area contributed by atoms with Crippen LogP contribution >= 0.6 is 11.6 Å². The molecule has 0 fully saturated rings. The Morgan fingerprint density at radius 3 is 2.67 bits per heavy atom. The van der Waals surface area contributed by atoms with E-state index in [-0.39, 0.29) is 5.91 Å². The fourth-order valence-electron chi connectivity index (χ4n) is 3.05. The zero-order valence-electron chi connectivity index (χ0n) is 15.4. The smallest absolute Gasteiger partial charge is 0.253 e. The van der Waals surface area contributed by atoms with Gasteiger partial charge in [0.25, 0.3) is 5.91 Å². The van der Waals surface area contributed by atoms with E-state index in [0.29, 0.717) is 30.4 Å². The van der Waals surface area contributed by atoms with Crippen LogP contribution in [0.3, 0.4) is 0 Å². The molecule has 0 aliphatic heterocycles. The molecule has 1 heterocycles. The number of nitrogens with zero attached hydrogens (tertiary/aromatic N) is 2. The van der Waals surface area contributed by atoms with Crippen LogP contribution in [0.25, 0.3) is 10.9 Å². The summed E-state index contributed by atoms with van der Waals surface area (Å²) in [6.07, 6.45) is 1.85. The maximum atomic E-state index is 13.0. The molecule has 0 aliphatic rings. The zero-order chi connectivity index (χ0) is 19.1. The monoisotopic (exact) mass is 382 g/mol. The molecular weight excluding hydrogens is 360 g/mol. The number of ether oxygens (including phenoxy) is 1. The van der Waals surface area contributed by atoms with Gasteiger partial charge in [-0.1, -0.05) is 41.9 Å². The quantitative estimate of drug-likeness (QED) is 0.534. The van der Waals surface area contributed by atoms with Gasteiger partial charge in [-0.05, 0) is 48.7 Å². The van der Waals surface area contributed by atoms with E-state index >= 15 is 0 Å². The number of aryl methyl sites for hydroxylation is 1. The van der Waals surface area contributed by atoms with Crippen molar-refractivity contribution in [3.05, 3.63) is 76.9 Å². The number of carbonyl (C=O) groups is 1. The fourth-order valence-corrected chi connectivity index (χ4v) is 3.21. The summed E-state index contributed by atoms with van der Waals surface area (Å²) in [7, 11) is 1.65. The van der Waals surface area contributed by atoms with Gasteiger partial charge in [0, 0.05) is 31.1 Å². The molecule has 4 nitrogen and oxygen atoms in total. The first-order valence-electron chi connectivity index (χ1n) is 9.06. The Hall–Kier alpha value is -2.43. The maximum absolute atomic E-state index is 13.0. The van der Waals surface area contributed by atoms with Gasteiger partial charge >= 0.3 is 0 Å². The van der Waals surface area contributed by atoms with Gasteiger partial charge in [0.05, 0.1) is 12.1 Å². The number of hydrogen-bond donors (Lipinski definition) is 0. The molecule has 1 aromatic heterocycles. The molecule has 0 spiro atoms. The lowest BCUT2D eigenvalue weighted by molar-refractivity contribution is 0.0693. The molecule has 140 valence electrons. The van der Waals surface area contributed by atoms with Gasteiger partial charge in [-0.3, -0.25) is 4.79 Å². The molecule has 27 heavy (non-hydrogen) atoms. The topological polar surface area (TPSA) is 42.4 Å². The van der Waals surface area contributed by atoms with Gasteiger partial charge in [-0.2, -0.15) is 0 Å². The molecule has 0 radical (unpaired) electrons. The zero-order valence-corrected chi connectivity index (χ0v) is 16.2. The summed E-state index contributed by atoms with van der Waals surface area (Å²) in [5.74, 6) is 0.0111. The van der Waals surface area contributed by atoms with Gasteiger partial charge in [0.1, 0.15) is 5.15 Å². The largest absolute Gasteiger partial charge is 0.383 e. The van der Waals surface area contributed by atoms with E-state index < -0.39 is 0 Å². The van der Waals surface area contributed by atoms with E-state index in [0.717, 1.165) is 23.7 Å². The first-order valence-corrected chi connectivity index (χ1v) is 9.43. The Kier molecular flexibility index (Phi) is 6.80. The van der Waals surface area contributed by atoms with Crippen LogP contribution in [0, 0.1) is 0 Å². The SMILES string of the molecule is COCCN(CCCc1ccccc1)C(=O)c1ccc2nc(Cl)ccc2c1. The molecule has 0 saturated carbocycles. The summed E-state index contributed by atoms with van der Waals surface area (Å²) in [6.45, 7) is 1.77. The third-order valence-corrected chi connectivity index (χ3v) is 4.70. The molecule has 2 aromatic carbocycles. The number of carbonyl (C=O) groups excluding carboxylic acids is 1. The number of halogens is 1. The molecule has 0 atom stereocenters. The van der Waals surface area contributed by atoms with E-state index in [1.54, 1.807) is 13.2 Å². The van der Waals surface area contributed by atoms with Crippen molar-refractivity contribution in [2.75, 3.05) is 26.8 Å². The normalized spacial score (nSPS) is 10.9. The number of hydrogen-bond acceptors (Lipinski definition) is 3. The lowest BCUT2D eigenvalue weighted by atomic mass is 10.1. The summed E-state index contributed by atoms with van der Waals surface area (Å²) in [6, 6.07) is 19.5. The summed E-state index contributed by atoms with van der Waals surface area (Å²) >= 11 is 5.94. The highest BCUT2D eigenvalue weighted by molar-refractivity contribution is 6.29. The minimum absolute atomic E-state index is 0.0111. The molecule has 0 aliphatic carbocycles. The lowest BCUT2D eigenvalue weighted by Crippen LogP contribution is -2.35. The molecule has 0 bridgehead atoms. The Morgan fingerprint density at radius 1 is 1.07 bits per heavy atom. The highest BCUT2D eigenvalue weighted by Gasteiger charge is 2.16. The third kappa shape index (κ3) is 5.28. The average Bonchev–Trinajstić information content (AvgIpc) is 2.70. The second-order valence-corrected chi connectivity index (χ2v) is 6.80. The minimum Gasteiger partial charge on any atom is -0.383 e. The third-order valence-electron chi connectivity index (χ3n) is 4.49. The molecule has 0 unspecified atom stereocenters. The van der Waals surface area contributed by atoms with E-state index in [2.05, 4.69) is 17.1 Å². The molecule has 0 N–H and O–H groups in total. The molecule has 3 rings (SSSR count). The van der Waals surface area contributed by atoms with E-state index in [4.69, 9.17) is 16.3 Å². The van der Waals surface area contributed by atoms with Crippen molar-refractivity contribution < 1.29 is 9.53 Å². The number of aromatic nitrogens is 1. The number of fused-ring (bicyclic) bond motifs is 1. The highest BCUT2D eigenvalue weighted by atomic mass is 35.5. The van der Waals surface area contributed by atoms with E-state index in [1.807, 2.05) is 47.4 Å². The van der Waals surface area contributed by atoms with E-state index in [1.165, 1.54) is 5.56 Å². The Balaban J connectivity index is 1.71. The molecular formula is C22H23ClN2O2. The van der Waals surface area contributed by atoms with Crippen LogP contribution in [0.15, 0.2) is 60.7 Å². The summed E-state index contributed by atoms with van der Waals surface area (Å²) in [5, 5.41) is 1.35. The van der Waals surface area contributed by atoms with Gasteiger partial charge < -0.3 is 9.64 Å². The van der Waals surface area contributed by atoms with Gasteiger partial charge in [-0.25, -0.2) is 4.98 Å². The van der Waals surface area contributed by atoms with Crippen LogP contribution in [-0.2, 0) is 11.2 Å². The molecule has 0 saturated heterocycles. The molecule has 5 heteroatoms. The van der Waals surface area contributed by atoms with Crippen molar-refractivity contribution >= 4 is 28.4 Å². The second-order valence-electron chi connectivity index (χ2n) is 6.42. The predicted molar refractivity (Wildman–Crippen MR) is 109 cm³/mol.